The average molecular weight is 193 g/mol. The van der Waals surface area contributed by atoms with Crippen LogP contribution in [0.4, 0.5) is 0 Å². The molecule has 0 saturated heterocycles. The number of nitriles is 1. The van der Waals surface area contributed by atoms with Gasteiger partial charge in [-0.1, -0.05) is 26.7 Å². The number of hydrogen-bond acceptors (Lipinski definition) is 1. The third-order valence-corrected chi connectivity index (χ3v) is 3.74. The highest BCUT2D eigenvalue weighted by molar-refractivity contribution is 4.76. The van der Waals surface area contributed by atoms with Gasteiger partial charge in [-0.2, -0.15) is 5.26 Å². The van der Waals surface area contributed by atoms with Gasteiger partial charge in [0.1, 0.15) is 0 Å². The molecule has 0 atom stereocenters. The van der Waals surface area contributed by atoms with E-state index in [0.717, 1.165) is 30.6 Å². The van der Waals surface area contributed by atoms with Crippen LogP contribution in [-0.4, -0.2) is 0 Å². The largest absolute Gasteiger partial charge is 0.198 e. The molecule has 0 amide bonds. The van der Waals surface area contributed by atoms with E-state index in [2.05, 4.69) is 19.9 Å². The van der Waals surface area contributed by atoms with Crippen LogP contribution in [0.2, 0.25) is 0 Å². The van der Waals surface area contributed by atoms with Crippen molar-refractivity contribution in [1.82, 2.24) is 0 Å². The summed E-state index contributed by atoms with van der Waals surface area (Å²) in [5.41, 5.74) is 0. The van der Waals surface area contributed by atoms with Crippen molar-refractivity contribution in [2.75, 3.05) is 0 Å². The Hall–Kier alpha value is -0.510. The minimum Gasteiger partial charge on any atom is -0.198 e. The van der Waals surface area contributed by atoms with Gasteiger partial charge in [-0.3, -0.25) is 0 Å². The Labute approximate surface area is 88.5 Å². The van der Waals surface area contributed by atoms with Gasteiger partial charge in [0.25, 0.3) is 0 Å². The summed E-state index contributed by atoms with van der Waals surface area (Å²) in [5, 5.41) is 8.46. The highest BCUT2D eigenvalue weighted by Crippen LogP contribution is 2.35. The van der Waals surface area contributed by atoms with E-state index in [1.165, 1.54) is 32.1 Å². The Morgan fingerprint density at radius 1 is 1.21 bits per heavy atom. The first-order valence-electron chi connectivity index (χ1n) is 6.11. The fourth-order valence-electron chi connectivity index (χ4n) is 2.61. The summed E-state index contributed by atoms with van der Waals surface area (Å²) < 4.78 is 0. The fourth-order valence-corrected chi connectivity index (χ4v) is 2.61. The lowest BCUT2D eigenvalue weighted by Crippen LogP contribution is -2.18. The van der Waals surface area contributed by atoms with E-state index in [-0.39, 0.29) is 0 Å². The summed E-state index contributed by atoms with van der Waals surface area (Å²) in [6.07, 6.45) is 8.84. The molecule has 0 aromatic heterocycles. The highest BCUT2D eigenvalue weighted by Gasteiger charge is 2.22. The summed E-state index contributed by atoms with van der Waals surface area (Å²) in [6, 6.07) is 2.23. The van der Waals surface area contributed by atoms with E-state index in [0.29, 0.717) is 0 Å². The molecule has 0 N–H and O–H groups in total. The van der Waals surface area contributed by atoms with Gasteiger partial charge < -0.3 is 0 Å². The van der Waals surface area contributed by atoms with Crippen LogP contribution >= 0.6 is 0 Å². The number of nitrogens with zero attached hydrogens (tertiary/aromatic N) is 1. The van der Waals surface area contributed by atoms with Crippen molar-refractivity contribution in [3.63, 3.8) is 0 Å². The topological polar surface area (TPSA) is 23.8 Å². The second-order valence-electron chi connectivity index (χ2n) is 5.08. The molecule has 1 fully saturated rings. The quantitative estimate of drug-likeness (QED) is 0.615. The van der Waals surface area contributed by atoms with Crippen molar-refractivity contribution in [2.24, 2.45) is 17.8 Å². The third-order valence-electron chi connectivity index (χ3n) is 3.74. The normalized spacial score (nSPS) is 27.6. The molecule has 80 valence electrons. The molecule has 1 saturated carbocycles. The molecule has 0 aromatic carbocycles. The summed E-state index contributed by atoms with van der Waals surface area (Å²) in [6.45, 7) is 4.70. The van der Waals surface area contributed by atoms with E-state index in [1.807, 2.05) is 0 Å². The molecule has 0 spiro atoms. The first-order chi connectivity index (χ1) is 6.74. The van der Waals surface area contributed by atoms with Crippen LogP contribution < -0.4 is 0 Å². The monoisotopic (exact) mass is 193 g/mol. The molecule has 0 unspecified atom stereocenters. The van der Waals surface area contributed by atoms with Crippen molar-refractivity contribution in [3.8, 4) is 6.07 Å². The molecule has 0 aromatic rings. The van der Waals surface area contributed by atoms with Crippen molar-refractivity contribution >= 4 is 0 Å². The number of unbranched alkanes of at least 4 members (excludes halogenated alkanes) is 1. The lowest BCUT2D eigenvalue weighted by molar-refractivity contribution is 0.215. The predicted octanol–water partition coefficient (Wildman–Crippen LogP) is 4.14. The van der Waals surface area contributed by atoms with Gasteiger partial charge in [0.05, 0.1) is 6.07 Å². The van der Waals surface area contributed by atoms with E-state index in [9.17, 15) is 0 Å². The van der Waals surface area contributed by atoms with Gasteiger partial charge in [-0.25, -0.2) is 0 Å². The van der Waals surface area contributed by atoms with Crippen molar-refractivity contribution in [1.29, 1.82) is 5.26 Å². The van der Waals surface area contributed by atoms with Gasteiger partial charge in [-0.05, 0) is 43.4 Å². The van der Waals surface area contributed by atoms with Crippen molar-refractivity contribution in [3.05, 3.63) is 0 Å². The van der Waals surface area contributed by atoms with Gasteiger partial charge in [0.2, 0.25) is 0 Å². The predicted molar refractivity (Wildman–Crippen MR) is 59.8 cm³/mol. The summed E-state index contributed by atoms with van der Waals surface area (Å²) in [7, 11) is 0. The molecule has 1 aliphatic rings. The van der Waals surface area contributed by atoms with Crippen LogP contribution in [-0.2, 0) is 0 Å². The van der Waals surface area contributed by atoms with Crippen molar-refractivity contribution < 1.29 is 0 Å². The van der Waals surface area contributed by atoms with Crippen LogP contribution in [0.25, 0.3) is 0 Å². The Bertz CT molecular complexity index is 182. The average Bonchev–Trinajstić information content (AvgIpc) is 2.19. The highest BCUT2D eigenvalue weighted by atomic mass is 14.3. The molecule has 0 bridgehead atoms. The van der Waals surface area contributed by atoms with Crippen LogP contribution in [0.5, 0.6) is 0 Å². The Balaban J connectivity index is 2.13. The van der Waals surface area contributed by atoms with Crippen molar-refractivity contribution in [2.45, 2.75) is 58.8 Å². The lowest BCUT2D eigenvalue weighted by Gasteiger charge is -2.30. The molecule has 1 nitrogen and oxygen atoms in total. The number of rotatable bonds is 4. The molecule has 14 heavy (non-hydrogen) atoms. The summed E-state index contributed by atoms with van der Waals surface area (Å²) in [5.74, 6) is 2.77. The molecule has 1 aliphatic carbocycles. The molecule has 1 heteroatoms. The maximum atomic E-state index is 8.46. The van der Waals surface area contributed by atoms with Gasteiger partial charge in [0.15, 0.2) is 0 Å². The second-order valence-corrected chi connectivity index (χ2v) is 5.08. The SMILES string of the molecule is CC(C)C1CCC(CCCC#N)CC1. The summed E-state index contributed by atoms with van der Waals surface area (Å²) >= 11 is 0. The minimum absolute atomic E-state index is 0.754. The third kappa shape index (κ3) is 3.70. The molecule has 1 rings (SSSR count). The Morgan fingerprint density at radius 3 is 2.36 bits per heavy atom. The molecule has 0 radical (unpaired) electrons. The smallest absolute Gasteiger partial charge is 0.0621 e. The number of hydrogen-bond donors (Lipinski definition) is 0. The van der Waals surface area contributed by atoms with Gasteiger partial charge in [-0.15, -0.1) is 0 Å². The standard InChI is InChI=1S/C13H23N/c1-11(2)13-8-6-12(7-9-13)5-3-4-10-14/h11-13H,3-9H2,1-2H3. The van der Waals surface area contributed by atoms with E-state index in [4.69, 9.17) is 5.26 Å². The van der Waals surface area contributed by atoms with Crippen LogP contribution in [0.3, 0.4) is 0 Å². The zero-order valence-corrected chi connectivity index (χ0v) is 9.63. The zero-order valence-electron chi connectivity index (χ0n) is 9.63. The molecule has 0 aliphatic heterocycles. The molecule has 0 heterocycles. The first-order valence-corrected chi connectivity index (χ1v) is 6.11. The Kier molecular flexibility index (Phi) is 5.01. The van der Waals surface area contributed by atoms with Crippen LogP contribution in [0, 0.1) is 29.1 Å². The first kappa shape index (κ1) is 11.6. The fraction of sp³-hybridized carbons (Fsp3) is 0.923. The van der Waals surface area contributed by atoms with Crippen LogP contribution in [0.15, 0.2) is 0 Å². The van der Waals surface area contributed by atoms with Gasteiger partial charge in [0, 0.05) is 6.42 Å². The minimum atomic E-state index is 0.754. The lowest BCUT2D eigenvalue weighted by atomic mass is 9.75. The molecular formula is C13H23N. The Morgan fingerprint density at radius 2 is 1.86 bits per heavy atom. The molecular weight excluding hydrogens is 170 g/mol. The van der Waals surface area contributed by atoms with E-state index in [1.54, 1.807) is 0 Å². The van der Waals surface area contributed by atoms with E-state index < -0.39 is 0 Å². The van der Waals surface area contributed by atoms with Gasteiger partial charge >= 0.3 is 0 Å². The van der Waals surface area contributed by atoms with E-state index >= 15 is 0 Å². The maximum Gasteiger partial charge on any atom is 0.0621 e. The zero-order chi connectivity index (χ0) is 10.4. The maximum absolute atomic E-state index is 8.46. The summed E-state index contributed by atoms with van der Waals surface area (Å²) in [4.78, 5) is 0. The second kappa shape index (κ2) is 6.06. The van der Waals surface area contributed by atoms with Crippen LogP contribution in [0.1, 0.15) is 58.8 Å².